The fourth-order valence-corrected chi connectivity index (χ4v) is 6.82. The van der Waals surface area contributed by atoms with Gasteiger partial charge in [-0.25, -0.2) is 9.79 Å². The van der Waals surface area contributed by atoms with Gasteiger partial charge in [0.05, 0.1) is 48.2 Å². The summed E-state index contributed by atoms with van der Waals surface area (Å²) in [5, 5.41) is 0.603. The average Bonchev–Trinajstić information content (AvgIpc) is 3.33. The largest absolute Gasteiger partial charge is 0.497 e. The number of allylic oxidation sites excluding steroid dienone is 1. The molecule has 0 N–H and O–H groups in total. The van der Waals surface area contributed by atoms with E-state index in [1.807, 2.05) is 24.3 Å². The van der Waals surface area contributed by atoms with Crippen LogP contribution in [-0.2, 0) is 16.1 Å². The number of esters is 1. The summed E-state index contributed by atoms with van der Waals surface area (Å²) in [7, 11) is 4.62. The zero-order chi connectivity index (χ0) is 32.2. The summed E-state index contributed by atoms with van der Waals surface area (Å²) in [5.74, 6) is 1.43. The molecule has 0 fully saturated rings. The molecule has 0 radical (unpaired) electrons. The standard InChI is InChI=1S/C33H30BrClN2O7S/c1-6-43-32(39)28-18(2)36-33-37(29(28)22-12-11-21(40-3)16-25(22)41-4)31(38)27(45-33)15-19-13-23(34)30(26(14-19)42-5)44-17-20-9-7-8-10-24(20)35/h7-16,29H,6,17H2,1-5H3/b27-15-/t29-/m1/s1. The first-order chi connectivity index (χ1) is 21.7. The van der Waals surface area contributed by atoms with Gasteiger partial charge in [-0.15, -0.1) is 0 Å². The lowest BCUT2D eigenvalue weighted by Gasteiger charge is -2.26. The Labute approximate surface area is 277 Å². The van der Waals surface area contributed by atoms with Crippen LogP contribution in [0.15, 0.2) is 80.1 Å². The third-order valence-electron chi connectivity index (χ3n) is 7.13. The number of hydrogen-bond donors (Lipinski definition) is 0. The van der Waals surface area contributed by atoms with Crippen molar-refractivity contribution in [1.29, 1.82) is 0 Å². The van der Waals surface area contributed by atoms with Crippen molar-refractivity contribution >= 4 is 50.9 Å². The Kier molecular flexibility index (Phi) is 10.0. The first-order valence-corrected chi connectivity index (χ1v) is 15.8. The van der Waals surface area contributed by atoms with E-state index in [1.165, 1.54) is 23.0 Å². The predicted octanol–water partition coefficient (Wildman–Crippen LogP) is 5.82. The second-order valence-corrected chi connectivity index (χ2v) is 12.1. The lowest BCUT2D eigenvalue weighted by molar-refractivity contribution is -0.139. The van der Waals surface area contributed by atoms with Crippen LogP contribution in [-0.4, -0.2) is 38.5 Å². The molecule has 1 aliphatic heterocycles. The number of nitrogens with zero attached hydrogens (tertiary/aromatic N) is 2. The molecule has 0 saturated heterocycles. The summed E-state index contributed by atoms with van der Waals surface area (Å²) in [6.45, 7) is 3.87. The second kappa shape index (κ2) is 13.9. The van der Waals surface area contributed by atoms with Crippen molar-refractivity contribution < 1.29 is 28.5 Å². The van der Waals surface area contributed by atoms with Gasteiger partial charge >= 0.3 is 5.97 Å². The minimum atomic E-state index is -0.842. The molecule has 0 amide bonds. The number of hydrogen-bond acceptors (Lipinski definition) is 9. The van der Waals surface area contributed by atoms with Crippen LogP contribution < -0.4 is 33.8 Å². The van der Waals surface area contributed by atoms with Gasteiger partial charge in [-0.3, -0.25) is 9.36 Å². The molecule has 9 nitrogen and oxygen atoms in total. The molecule has 0 aliphatic carbocycles. The Bertz CT molecular complexity index is 1990. The Morgan fingerprint density at radius 3 is 2.51 bits per heavy atom. The summed E-state index contributed by atoms with van der Waals surface area (Å²) < 4.78 is 30.7. The molecule has 2 heterocycles. The zero-order valence-electron chi connectivity index (χ0n) is 25.2. The third kappa shape index (κ3) is 6.51. The van der Waals surface area contributed by atoms with Crippen molar-refractivity contribution in [3.63, 3.8) is 0 Å². The number of thiazole rings is 1. The van der Waals surface area contributed by atoms with E-state index in [4.69, 9.17) is 35.3 Å². The molecule has 1 atom stereocenters. The normalized spacial score (nSPS) is 14.5. The van der Waals surface area contributed by atoms with Crippen LogP contribution in [0.3, 0.4) is 0 Å². The van der Waals surface area contributed by atoms with Gasteiger partial charge in [0.1, 0.15) is 24.1 Å². The highest BCUT2D eigenvalue weighted by atomic mass is 79.9. The Balaban J connectivity index is 1.62. The van der Waals surface area contributed by atoms with E-state index in [1.54, 1.807) is 64.5 Å². The minimum Gasteiger partial charge on any atom is -0.497 e. The number of ether oxygens (including phenoxy) is 5. The molecule has 234 valence electrons. The number of methoxy groups -OCH3 is 3. The lowest BCUT2D eigenvalue weighted by Crippen LogP contribution is -2.40. The van der Waals surface area contributed by atoms with Gasteiger partial charge in [0, 0.05) is 22.2 Å². The molecule has 12 heteroatoms. The maximum absolute atomic E-state index is 14.1. The molecule has 1 aliphatic rings. The van der Waals surface area contributed by atoms with Gasteiger partial charge in [0.2, 0.25) is 0 Å². The molecule has 3 aromatic carbocycles. The third-order valence-corrected chi connectivity index (χ3v) is 9.07. The number of carbonyl (C=O) groups excluding carboxylic acids is 1. The molecular formula is C33H30BrClN2O7S. The van der Waals surface area contributed by atoms with E-state index in [-0.39, 0.29) is 24.3 Å². The highest BCUT2D eigenvalue weighted by molar-refractivity contribution is 9.10. The first-order valence-electron chi connectivity index (χ1n) is 13.9. The number of aromatic nitrogens is 1. The summed E-state index contributed by atoms with van der Waals surface area (Å²) >= 11 is 11.1. The van der Waals surface area contributed by atoms with Crippen LogP contribution >= 0.6 is 38.9 Å². The van der Waals surface area contributed by atoms with E-state index >= 15 is 0 Å². The molecule has 5 rings (SSSR count). The molecule has 0 unspecified atom stereocenters. The average molecular weight is 714 g/mol. The van der Waals surface area contributed by atoms with E-state index in [0.29, 0.717) is 58.7 Å². The van der Waals surface area contributed by atoms with E-state index < -0.39 is 12.0 Å². The van der Waals surface area contributed by atoms with Crippen molar-refractivity contribution in [3.8, 4) is 23.0 Å². The quantitative estimate of drug-likeness (QED) is 0.191. The SMILES string of the molecule is CCOC(=O)C1=C(C)N=c2s/c(=C\c3cc(Br)c(OCc4ccccc4Cl)c(OC)c3)c(=O)n2[C@@H]1c1ccc(OC)cc1OC. The van der Waals surface area contributed by atoms with Gasteiger partial charge in [-0.1, -0.05) is 41.1 Å². The smallest absolute Gasteiger partial charge is 0.338 e. The molecule has 0 spiro atoms. The number of halogens is 2. The highest BCUT2D eigenvalue weighted by Gasteiger charge is 2.35. The monoisotopic (exact) mass is 712 g/mol. The van der Waals surface area contributed by atoms with Crippen LogP contribution in [0.25, 0.3) is 6.08 Å². The summed E-state index contributed by atoms with van der Waals surface area (Å²) in [6.07, 6.45) is 1.75. The minimum absolute atomic E-state index is 0.168. The van der Waals surface area contributed by atoms with Gasteiger partial charge in [-0.05, 0) is 71.7 Å². The van der Waals surface area contributed by atoms with Crippen molar-refractivity contribution in [1.82, 2.24) is 4.57 Å². The van der Waals surface area contributed by atoms with Crippen LogP contribution in [0.1, 0.15) is 36.6 Å². The van der Waals surface area contributed by atoms with Crippen LogP contribution in [0.2, 0.25) is 5.02 Å². The number of fused-ring (bicyclic) bond motifs is 1. The fourth-order valence-electron chi connectivity index (χ4n) is 5.01. The maximum atomic E-state index is 14.1. The Morgan fingerprint density at radius 2 is 1.82 bits per heavy atom. The van der Waals surface area contributed by atoms with E-state index in [9.17, 15) is 9.59 Å². The molecule has 0 bridgehead atoms. The van der Waals surface area contributed by atoms with Gasteiger partial charge in [-0.2, -0.15) is 0 Å². The summed E-state index contributed by atoms with van der Waals surface area (Å²) in [6, 6.07) is 15.5. The molecule has 1 aromatic heterocycles. The Morgan fingerprint density at radius 1 is 1.07 bits per heavy atom. The molecule has 45 heavy (non-hydrogen) atoms. The van der Waals surface area contributed by atoms with Gasteiger partial charge in [0.25, 0.3) is 5.56 Å². The van der Waals surface area contributed by atoms with Crippen molar-refractivity contribution in [2.24, 2.45) is 4.99 Å². The van der Waals surface area contributed by atoms with Crippen molar-refractivity contribution in [2.75, 3.05) is 27.9 Å². The van der Waals surface area contributed by atoms with Gasteiger partial charge in [0.15, 0.2) is 16.3 Å². The number of benzene rings is 3. The van der Waals surface area contributed by atoms with Crippen LogP contribution in [0.4, 0.5) is 0 Å². The fraction of sp³-hybridized carbons (Fsp3) is 0.242. The zero-order valence-corrected chi connectivity index (χ0v) is 28.3. The second-order valence-electron chi connectivity index (χ2n) is 9.82. The maximum Gasteiger partial charge on any atom is 0.338 e. The van der Waals surface area contributed by atoms with Crippen LogP contribution in [0, 0.1) is 0 Å². The van der Waals surface area contributed by atoms with Crippen LogP contribution in [0.5, 0.6) is 23.0 Å². The predicted molar refractivity (Wildman–Crippen MR) is 176 cm³/mol. The topological polar surface area (TPSA) is 97.6 Å². The Hall–Kier alpha value is -4.06. The molecule has 4 aromatic rings. The highest BCUT2D eigenvalue weighted by Crippen LogP contribution is 2.39. The molecular weight excluding hydrogens is 684 g/mol. The number of rotatable bonds is 10. The summed E-state index contributed by atoms with van der Waals surface area (Å²) in [5.41, 5.74) is 2.49. The van der Waals surface area contributed by atoms with E-state index in [0.717, 1.165) is 5.56 Å². The summed E-state index contributed by atoms with van der Waals surface area (Å²) in [4.78, 5) is 32.5. The van der Waals surface area contributed by atoms with E-state index in [2.05, 4.69) is 20.9 Å². The van der Waals surface area contributed by atoms with Crippen molar-refractivity contribution in [3.05, 3.63) is 112 Å². The van der Waals surface area contributed by atoms with Gasteiger partial charge < -0.3 is 23.7 Å². The number of carbonyl (C=O) groups is 1. The molecule has 0 saturated carbocycles. The first kappa shape index (κ1) is 32.3. The van der Waals surface area contributed by atoms with Crippen molar-refractivity contribution in [2.45, 2.75) is 26.5 Å². The lowest BCUT2D eigenvalue weighted by atomic mass is 9.95.